The van der Waals surface area contributed by atoms with Gasteiger partial charge in [0, 0.05) is 21.1 Å². The maximum atomic E-state index is 9.30. The molecule has 1 unspecified atom stereocenters. The molecule has 4 heteroatoms. The van der Waals surface area contributed by atoms with Crippen molar-refractivity contribution in [2.45, 2.75) is 47.1 Å². The van der Waals surface area contributed by atoms with Crippen LogP contribution in [0.2, 0.25) is 0 Å². The first-order valence-electron chi connectivity index (χ1n) is 7.39. The minimum absolute atomic E-state index is 0.0220. The Bertz CT molecular complexity index is 575. The third-order valence-corrected chi connectivity index (χ3v) is 3.43. The van der Waals surface area contributed by atoms with Crippen LogP contribution in [0.5, 0.6) is 0 Å². The summed E-state index contributed by atoms with van der Waals surface area (Å²) in [4.78, 5) is 3.31. The molecule has 21 heavy (non-hydrogen) atoms. The lowest BCUT2D eigenvalue weighted by Gasteiger charge is -2.10. The zero-order valence-corrected chi connectivity index (χ0v) is 15.2. The summed E-state index contributed by atoms with van der Waals surface area (Å²) in [5.41, 5.74) is 9.12. The van der Waals surface area contributed by atoms with Crippen molar-refractivity contribution < 1.29 is 5.11 Å². The molecule has 2 rings (SSSR count). The number of rotatable bonds is 3. The van der Waals surface area contributed by atoms with Crippen molar-refractivity contribution in [3.63, 3.8) is 0 Å². The van der Waals surface area contributed by atoms with E-state index in [1.807, 2.05) is 46.8 Å². The second-order valence-corrected chi connectivity index (χ2v) is 5.14. The number of nitrogens with two attached hydrogens (primary N) is 1. The topological polar surface area (TPSA) is 62.0 Å². The lowest BCUT2D eigenvalue weighted by atomic mass is 10.0. The van der Waals surface area contributed by atoms with Gasteiger partial charge in [-0.1, -0.05) is 50.2 Å². The second-order valence-electron chi connectivity index (χ2n) is 4.22. The van der Waals surface area contributed by atoms with Gasteiger partial charge in [-0.2, -0.15) is 0 Å². The fourth-order valence-corrected chi connectivity index (χ4v) is 2.32. The van der Waals surface area contributed by atoms with E-state index in [4.69, 9.17) is 5.73 Å². The maximum Gasteiger partial charge on any atom is 0.102 e. The molecular weight excluding hydrogens is 328 g/mol. The van der Waals surface area contributed by atoms with Crippen LogP contribution in [-0.4, -0.2) is 16.1 Å². The van der Waals surface area contributed by atoms with Crippen molar-refractivity contribution in [3.05, 3.63) is 46.3 Å². The Morgan fingerprint density at radius 1 is 1.33 bits per heavy atom. The summed E-state index contributed by atoms with van der Waals surface area (Å²) >= 11 is 3.46. The fraction of sp³-hybridized carbons (Fsp3) is 0.412. The summed E-state index contributed by atoms with van der Waals surface area (Å²) in [6, 6.07) is 5.65. The molecule has 2 aromatic rings. The van der Waals surface area contributed by atoms with E-state index in [1.54, 1.807) is 0 Å². The highest BCUT2D eigenvalue weighted by Gasteiger charge is 2.14. The first kappa shape index (κ1) is 19.7. The van der Waals surface area contributed by atoms with Crippen LogP contribution < -0.4 is 5.73 Å². The molecule has 0 spiro atoms. The van der Waals surface area contributed by atoms with Crippen LogP contribution in [0.1, 0.15) is 39.0 Å². The molecule has 1 atom stereocenters. The number of nitrogens with one attached hydrogen (secondary N) is 1. The van der Waals surface area contributed by atoms with Crippen LogP contribution in [0.4, 0.5) is 0 Å². The molecule has 0 saturated carbocycles. The average molecular weight is 355 g/mol. The first-order valence-corrected chi connectivity index (χ1v) is 8.18. The molecule has 0 aliphatic heterocycles. The minimum Gasteiger partial charge on any atom is -0.511 e. The monoisotopic (exact) mass is 354 g/mol. The minimum atomic E-state index is -0.424. The number of aliphatic hydroxyl groups is 1. The fourth-order valence-electron chi connectivity index (χ4n) is 1.96. The smallest absolute Gasteiger partial charge is 0.102 e. The van der Waals surface area contributed by atoms with Crippen LogP contribution in [0, 0.1) is 6.92 Å². The number of fused-ring (bicyclic) bond motifs is 1. The van der Waals surface area contributed by atoms with Crippen molar-refractivity contribution in [3.8, 4) is 0 Å². The molecule has 1 heterocycles. The van der Waals surface area contributed by atoms with Gasteiger partial charge in [-0.3, -0.25) is 0 Å². The van der Waals surface area contributed by atoms with E-state index >= 15 is 0 Å². The predicted molar refractivity (Wildman–Crippen MR) is 96.9 cm³/mol. The first-order chi connectivity index (χ1) is 9.99. The molecule has 4 N–H and O–H groups in total. The Morgan fingerprint density at radius 2 is 1.90 bits per heavy atom. The molecule has 0 aliphatic rings. The largest absolute Gasteiger partial charge is 0.511 e. The van der Waals surface area contributed by atoms with E-state index in [0.717, 1.165) is 26.6 Å². The summed E-state index contributed by atoms with van der Waals surface area (Å²) in [6.07, 6.45) is 0.581. The average Bonchev–Trinajstić information content (AvgIpc) is 2.79. The highest BCUT2D eigenvalue weighted by Crippen LogP contribution is 2.26. The van der Waals surface area contributed by atoms with Crippen molar-refractivity contribution >= 4 is 26.8 Å². The molecular formula is C17H27BrN2O. The van der Waals surface area contributed by atoms with Gasteiger partial charge >= 0.3 is 0 Å². The number of aromatic amines is 1. The molecule has 118 valence electrons. The van der Waals surface area contributed by atoms with Gasteiger partial charge in [-0.05, 0) is 37.1 Å². The summed E-state index contributed by atoms with van der Waals surface area (Å²) in [7, 11) is 0. The molecule has 0 aliphatic carbocycles. The number of H-pyrrole nitrogens is 1. The van der Waals surface area contributed by atoms with Gasteiger partial charge in [0.05, 0.1) is 6.04 Å². The predicted octanol–water partition coefficient (Wildman–Crippen LogP) is 5.23. The lowest BCUT2D eigenvalue weighted by Crippen LogP contribution is -2.24. The Kier molecular flexibility index (Phi) is 9.06. The number of aliphatic hydroxyl groups excluding tert-OH is 1. The molecule has 0 radical (unpaired) electrons. The highest BCUT2D eigenvalue weighted by atomic mass is 79.9. The SMILES string of the molecule is C=C(O)C(N)Cc1c(C)[nH]c2ccc(Br)cc12.CC.CC. The van der Waals surface area contributed by atoms with Crippen LogP contribution in [0.3, 0.4) is 0 Å². The molecule has 0 bridgehead atoms. The van der Waals surface area contributed by atoms with E-state index in [9.17, 15) is 5.11 Å². The molecule has 0 amide bonds. The van der Waals surface area contributed by atoms with Crippen molar-refractivity contribution in [1.82, 2.24) is 4.98 Å². The van der Waals surface area contributed by atoms with Crippen LogP contribution in [-0.2, 0) is 6.42 Å². The molecule has 1 aromatic carbocycles. The van der Waals surface area contributed by atoms with Crippen LogP contribution >= 0.6 is 15.9 Å². The summed E-state index contributed by atoms with van der Waals surface area (Å²) in [5, 5.41) is 10.4. The van der Waals surface area contributed by atoms with Gasteiger partial charge in [0.2, 0.25) is 0 Å². The van der Waals surface area contributed by atoms with E-state index in [1.165, 1.54) is 0 Å². The Balaban J connectivity index is 0.000000921. The highest BCUT2D eigenvalue weighted by molar-refractivity contribution is 9.10. The van der Waals surface area contributed by atoms with Crippen molar-refractivity contribution in [2.75, 3.05) is 0 Å². The summed E-state index contributed by atoms with van der Waals surface area (Å²) in [5.74, 6) is 0.0220. The molecule has 0 fully saturated rings. The van der Waals surface area contributed by atoms with E-state index in [0.29, 0.717) is 6.42 Å². The quantitative estimate of drug-likeness (QED) is 0.660. The van der Waals surface area contributed by atoms with Gasteiger partial charge in [-0.15, -0.1) is 0 Å². The van der Waals surface area contributed by atoms with E-state index < -0.39 is 6.04 Å². The zero-order chi connectivity index (χ0) is 16.6. The number of hydrogen-bond donors (Lipinski definition) is 3. The van der Waals surface area contributed by atoms with Crippen molar-refractivity contribution in [1.29, 1.82) is 0 Å². The Hall–Kier alpha value is -1.26. The van der Waals surface area contributed by atoms with Gasteiger partial charge in [0.15, 0.2) is 0 Å². The second kappa shape index (κ2) is 9.64. The maximum absolute atomic E-state index is 9.30. The van der Waals surface area contributed by atoms with Gasteiger partial charge in [0.1, 0.15) is 5.76 Å². The summed E-state index contributed by atoms with van der Waals surface area (Å²) < 4.78 is 1.03. The number of halogens is 1. The van der Waals surface area contributed by atoms with E-state index in [-0.39, 0.29) is 5.76 Å². The number of aryl methyl sites for hydroxylation is 1. The van der Waals surface area contributed by atoms with Gasteiger partial charge < -0.3 is 15.8 Å². The van der Waals surface area contributed by atoms with Gasteiger partial charge in [0.25, 0.3) is 0 Å². The normalized spacial score (nSPS) is 11.0. The Labute approximate surface area is 136 Å². The van der Waals surface area contributed by atoms with Gasteiger partial charge in [-0.25, -0.2) is 0 Å². The number of aromatic nitrogens is 1. The van der Waals surface area contributed by atoms with E-state index in [2.05, 4.69) is 33.6 Å². The summed E-state index contributed by atoms with van der Waals surface area (Å²) in [6.45, 7) is 13.5. The third-order valence-electron chi connectivity index (χ3n) is 2.93. The molecule has 0 saturated heterocycles. The standard InChI is InChI=1S/C13H15BrN2O.2C2H6/c1-7-10(6-12(15)8(2)17)11-5-9(14)3-4-13(11)16-7;2*1-2/h3-5,12,16-17H,2,6,15H2,1H3;2*1-2H3. The molecule has 3 nitrogen and oxygen atoms in total. The van der Waals surface area contributed by atoms with Crippen LogP contribution in [0.15, 0.2) is 35.0 Å². The molecule has 1 aromatic heterocycles. The zero-order valence-electron chi connectivity index (χ0n) is 13.6. The Morgan fingerprint density at radius 3 is 2.43 bits per heavy atom. The lowest BCUT2D eigenvalue weighted by molar-refractivity contribution is 0.368. The third kappa shape index (κ3) is 5.21. The van der Waals surface area contributed by atoms with Crippen molar-refractivity contribution in [2.24, 2.45) is 5.73 Å². The number of hydrogen-bond acceptors (Lipinski definition) is 2. The van der Waals surface area contributed by atoms with Crippen LogP contribution in [0.25, 0.3) is 10.9 Å². The number of benzene rings is 1.